The molecule has 0 radical (unpaired) electrons. The van der Waals surface area contributed by atoms with Crippen molar-refractivity contribution in [2.75, 3.05) is 13.2 Å². The van der Waals surface area contributed by atoms with E-state index < -0.39 is 18.2 Å². The summed E-state index contributed by atoms with van der Waals surface area (Å²) in [5.74, 6) is 0.252. The zero-order valence-corrected chi connectivity index (χ0v) is 17.9. The first-order valence-electron chi connectivity index (χ1n) is 9.41. The highest BCUT2D eigenvalue weighted by molar-refractivity contribution is 9.10. The van der Waals surface area contributed by atoms with Crippen molar-refractivity contribution in [1.82, 2.24) is 15.6 Å². The number of amides is 1. The summed E-state index contributed by atoms with van der Waals surface area (Å²) in [7, 11) is 0. The number of ether oxygens (including phenoxy) is 1. The molecule has 0 spiro atoms. The van der Waals surface area contributed by atoms with Gasteiger partial charge in [0.05, 0.1) is 24.4 Å². The summed E-state index contributed by atoms with van der Waals surface area (Å²) >= 11 is 3.35. The lowest BCUT2D eigenvalue weighted by Crippen LogP contribution is -2.49. The quantitative estimate of drug-likeness (QED) is 0.484. The molecule has 0 saturated carbocycles. The van der Waals surface area contributed by atoms with Gasteiger partial charge in [0, 0.05) is 13.1 Å². The Morgan fingerprint density at radius 2 is 1.93 bits per heavy atom. The first kappa shape index (κ1) is 22.3. The number of nitrogens with zero attached hydrogens (tertiary/aromatic N) is 1. The van der Waals surface area contributed by atoms with E-state index in [0.717, 1.165) is 15.9 Å². The highest BCUT2D eigenvalue weighted by Crippen LogP contribution is 2.08. The third-order valence-corrected chi connectivity index (χ3v) is 4.49. The summed E-state index contributed by atoms with van der Waals surface area (Å²) in [5.41, 5.74) is 1.90. The number of carbonyl (C=O) groups is 1. The summed E-state index contributed by atoms with van der Waals surface area (Å²) in [6, 6.07) is 15.0. The fourth-order valence-electron chi connectivity index (χ4n) is 2.63. The molecule has 2 rings (SSSR count). The Balaban J connectivity index is 1.93. The van der Waals surface area contributed by atoms with Crippen molar-refractivity contribution in [3.8, 4) is 0 Å². The number of hydrogen-bond acceptors (Lipinski definition) is 5. The first-order chi connectivity index (χ1) is 13.4. The van der Waals surface area contributed by atoms with Crippen LogP contribution >= 0.6 is 15.9 Å². The molecule has 2 aromatic rings. The second-order valence-electron chi connectivity index (χ2n) is 7.08. The highest BCUT2D eigenvalue weighted by Gasteiger charge is 2.22. The van der Waals surface area contributed by atoms with Crippen LogP contribution in [-0.4, -0.2) is 41.5 Å². The standard InChI is InChI=1S/C21H28BrN3O3/c1-15(2)14-28-21(27)25-18(11-16-7-4-3-5-8-16)19(26)13-23-12-17-9-6-10-20(22)24-17/h3-10,15,18-19,23,26H,11-14H2,1-2H3,(H,25,27)/t18-,19-/m0/s1. The minimum absolute atomic E-state index is 0.252. The lowest BCUT2D eigenvalue weighted by molar-refractivity contribution is 0.0979. The van der Waals surface area contributed by atoms with Gasteiger partial charge in [-0.05, 0) is 46.0 Å². The molecule has 2 atom stereocenters. The molecule has 7 heteroatoms. The number of rotatable bonds is 10. The second-order valence-corrected chi connectivity index (χ2v) is 7.90. The average molecular weight is 450 g/mol. The molecule has 28 heavy (non-hydrogen) atoms. The van der Waals surface area contributed by atoms with Gasteiger partial charge in [-0.3, -0.25) is 0 Å². The van der Waals surface area contributed by atoms with E-state index in [1.54, 1.807) is 0 Å². The van der Waals surface area contributed by atoms with Crippen molar-refractivity contribution in [3.63, 3.8) is 0 Å². The van der Waals surface area contributed by atoms with Crippen LogP contribution in [0.15, 0.2) is 53.1 Å². The highest BCUT2D eigenvalue weighted by atomic mass is 79.9. The van der Waals surface area contributed by atoms with Crippen LogP contribution in [0.2, 0.25) is 0 Å². The molecule has 1 aromatic heterocycles. The minimum atomic E-state index is -0.779. The molecule has 1 amide bonds. The lowest BCUT2D eigenvalue weighted by Gasteiger charge is -2.24. The van der Waals surface area contributed by atoms with E-state index in [0.29, 0.717) is 26.1 Å². The minimum Gasteiger partial charge on any atom is -0.449 e. The predicted octanol–water partition coefficient (Wildman–Crippen LogP) is 3.29. The van der Waals surface area contributed by atoms with Crippen molar-refractivity contribution >= 4 is 22.0 Å². The predicted molar refractivity (Wildman–Crippen MR) is 113 cm³/mol. The SMILES string of the molecule is CC(C)COC(=O)N[C@@H](Cc1ccccc1)[C@@H](O)CNCc1cccc(Br)n1. The number of aliphatic hydroxyl groups excluding tert-OH is 1. The fourth-order valence-corrected chi connectivity index (χ4v) is 3.01. The molecule has 1 aromatic carbocycles. The number of pyridine rings is 1. The van der Waals surface area contributed by atoms with Crippen molar-refractivity contribution in [1.29, 1.82) is 0 Å². The molecule has 152 valence electrons. The van der Waals surface area contributed by atoms with Gasteiger partial charge in [-0.1, -0.05) is 50.2 Å². The van der Waals surface area contributed by atoms with Gasteiger partial charge >= 0.3 is 6.09 Å². The number of benzene rings is 1. The Labute approximate surface area is 174 Å². The van der Waals surface area contributed by atoms with Crippen molar-refractivity contribution < 1.29 is 14.6 Å². The van der Waals surface area contributed by atoms with Gasteiger partial charge in [-0.15, -0.1) is 0 Å². The summed E-state index contributed by atoms with van der Waals surface area (Å²) in [4.78, 5) is 16.5. The van der Waals surface area contributed by atoms with Gasteiger partial charge in [0.15, 0.2) is 0 Å². The molecule has 1 heterocycles. The number of aromatic nitrogens is 1. The van der Waals surface area contributed by atoms with Crippen molar-refractivity contribution in [2.24, 2.45) is 5.92 Å². The van der Waals surface area contributed by atoms with Gasteiger partial charge in [0.25, 0.3) is 0 Å². The van der Waals surface area contributed by atoms with E-state index in [9.17, 15) is 9.90 Å². The zero-order valence-electron chi connectivity index (χ0n) is 16.3. The Hall–Kier alpha value is -1.96. The number of nitrogens with one attached hydrogen (secondary N) is 2. The average Bonchev–Trinajstić information content (AvgIpc) is 2.66. The lowest BCUT2D eigenvalue weighted by atomic mass is 10.0. The normalized spacial score (nSPS) is 13.2. The summed E-state index contributed by atoms with van der Waals surface area (Å²) in [5, 5.41) is 16.7. The van der Waals surface area contributed by atoms with E-state index in [-0.39, 0.29) is 5.92 Å². The van der Waals surface area contributed by atoms with Gasteiger partial charge in [-0.25, -0.2) is 9.78 Å². The summed E-state index contributed by atoms with van der Waals surface area (Å²) in [6.45, 7) is 5.13. The van der Waals surface area contributed by atoms with Gasteiger partial charge in [0.1, 0.15) is 4.60 Å². The maximum absolute atomic E-state index is 12.1. The number of alkyl carbamates (subject to hydrolysis) is 1. The van der Waals surface area contributed by atoms with Crippen LogP contribution in [0.5, 0.6) is 0 Å². The molecule has 0 saturated heterocycles. The van der Waals surface area contributed by atoms with Crippen LogP contribution in [0.25, 0.3) is 0 Å². The van der Waals surface area contributed by atoms with Gasteiger partial charge in [-0.2, -0.15) is 0 Å². The smallest absolute Gasteiger partial charge is 0.407 e. The van der Waals surface area contributed by atoms with Crippen LogP contribution < -0.4 is 10.6 Å². The van der Waals surface area contributed by atoms with Gasteiger partial charge in [0.2, 0.25) is 0 Å². The molecular weight excluding hydrogens is 422 g/mol. The molecule has 0 aliphatic rings. The molecule has 0 unspecified atom stereocenters. The van der Waals surface area contributed by atoms with Crippen molar-refractivity contribution in [3.05, 3.63) is 64.4 Å². The Kier molecular flexibility index (Phi) is 9.40. The third kappa shape index (κ3) is 8.37. The maximum atomic E-state index is 12.1. The molecule has 0 aliphatic heterocycles. The maximum Gasteiger partial charge on any atom is 0.407 e. The van der Waals surface area contributed by atoms with Crippen LogP contribution in [0, 0.1) is 5.92 Å². The van der Waals surface area contributed by atoms with Gasteiger partial charge < -0.3 is 20.5 Å². The number of hydrogen-bond donors (Lipinski definition) is 3. The third-order valence-electron chi connectivity index (χ3n) is 4.05. The zero-order chi connectivity index (χ0) is 20.4. The largest absolute Gasteiger partial charge is 0.449 e. The van der Waals surface area contributed by atoms with E-state index in [2.05, 4.69) is 31.5 Å². The number of carbonyl (C=O) groups excluding carboxylic acids is 1. The molecule has 6 nitrogen and oxygen atoms in total. The topological polar surface area (TPSA) is 83.5 Å². The number of halogens is 1. The molecular formula is C21H28BrN3O3. The van der Waals surface area contributed by atoms with E-state index in [4.69, 9.17) is 4.74 Å². The Bertz CT molecular complexity index is 728. The number of aliphatic hydroxyl groups is 1. The molecule has 0 fully saturated rings. The molecule has 3 N–H and O–H groups in total. The van der Waals surface area contributed by atoms with E-state index >= 15 is 0 Å². The van der Waals surface area contributed by atoms with Crippen LogP contribution in [-0.2, 0) is 17.7 Å². The van der Waals surface area contributed by atoms with Crippen LogP contribution in [0.4, 0.5) is 4.79 Å². The van der Waals surface area contributed by atoms with E-state index in [1.807, 2.05) is 62.4 Å². The van der Waals surface area contributed by atoms with E-state index in [1.165, 1.54) is 0 Å². The monoisotopic (exact) mass is 449 g/mol. The molecule has 0 aliphatic carbocycles. The molecule has 0 bridgehead atoms. The summed E-state index contributed by atoms with van der Waals surface area (Å²) in [6.07, 6.45) is -0.781. The Morgan fingerprint density at radius 3 is 2.61 bits per heavy atom. The first-order valence-corrected chi connectivity index (χ1v) is 10.2. The summed E-state index contributed by atoms with van der Waals surface area (Å²) < 4.78 is 5.98. The van der Waals surface area contributed by atoms with Crippen LogP contribution in [0.1, 0.15) is 25.1 Å². The fraction of sp³-hybridized carbons (Fsp3) is 0.429. The van der Waals surface area contributed by atoms with Crippen molar-refractivity contribution in [2.45, 2.75) is 39.0 Å². The van der Waals surface area contributed by atoms with Crippen LogP contribution in [0.3, 0.4) is 0 Å². The second kappa shape index (κ2) is 11.8. The Morgan fingerprint density at radius 1 is 1.18 bits per heavy atom.